The number of dihydropyridines is 1. The summed E-state index contributed by atoms with van der Waals surface area (Å²) in [5.41, 5.74) is 4.01. The summed E-state index contributed by atoms with van der Waals surface area (Å²) in [6.07, 6.45) is 0. The summed E-state index contributed by atoms with van der Waals surface area (Å²) in [6, 6.07) is 17.5. The predicted octanol–water partition coefficient (Wildman–Crippen LogP) is 5.05. The third-order valence-electron chi connectivity index (χ3n) is 5.23. The first kappa shape index (κ1) is 21.5. The molecule has 0 radical (unpaired) electrons. The Morgan fingerprint density at radius 1 is 1.23 bits per heavy atom. The van der Waals surface area contributed by atoms with E-state index < -0.39 is 17.9 Å². The molecule has 0 amide bonds. The van der Waals surface area contributed by atoms with Gasteiger partial charge in [-0.2, -0.15) is 0 Å². The number of rotatable bonds is 6. The van der Waals surface area contributed by atoms with Crippen LogP contribution in [0.1, 0.15) is 35.6 Å². The topological polar surface area (TPSA) is 64.6 Å². The van der Waals surface area contributed by atoms with E-state index in [1.54, 1.807) is 6.92 Å². The van der Waals surface area contributed by atoms with Crippen LogP contribution in [0.2, 0.25) is 0 Å². The fourth-order valence-electron chi connectivity index (χ4n) is 3.87. The van der Waals surface area contributed by atoms with E-state index in [-0.39, 0.29) is 17.9 Å². The maximum atomic E-state index is 12.9. The van der Waals surface area contributed by atoms with Crippen LogP contribution in [0.4, 0.5) is 0 Å². The van der Waals surface area contributed by atoms with E-state index in [4.69, 9.17) is 21.1 Å². The fourth-order valence-corrected chi connectivity index (χ4v) is 5.30. The Hall–Kier alpha value is -2.70. The summed E-state index contributed by atoms with van der Waals surface area (Å²) in [4.78, 5) is 26.5. The van der Waals surface area contributed by atoms with Crippen molar-refractivity contribution in [3.63, 3.8) is 0 Å². The lowest BCUT2D eigenvalue weighted by molar-refractivity contribution is -0.138. The molecule has 7 heteroatoms. The minimum absolute atomic E-state index is 0.162. The first-order valence-electron chi connectivity index (χ1n) is 10.0. The number of carbonyl (C=O) groups is 2. The average Bonchev–Trinajstić information content (AvgIpc) is 3.14. The molecule has 0 spiro atoms. The van der Waals surface area contributed by atoms with Crippen LogP contribution in [0, 0.1) is 0 Å². The van der Waals surface area contributed by atoms with Crippen molar-refractivity contribution in [2.24, 2.45) is 0 Å². The molecule has 5 nitrogen and oxygen atoms in total. The third kappa shape index (κ3) is 4.23. The van der Waals surface area contributed by atoms with Crippen LogP contribution in [-0.2, 0) is 19.1 Å². The van der Waals surface area contributed by atoms with E-state index in [1.807, 2.05) is 61.5 Å². The van der Waals surface area contributed by atoms with Gasteiger partial charge in [-0.3, -0.25) is 0 Å². The molecule has 1 N–H and O–H groups in total. The number of cyclic esters (lactones) is 1. The van der Waals surface area contributed by atoms with Crippen LogP contribution in [-0.4, -0.2) is 25.2 Å². The fraction of sp³-hybridized carbons (Fsp3) is 0.250. The number of thioether (sulfide) groups is 1. The van der Waals surface area contributed by atoms with Crippen molar-refractivity contribution >= 4 is 35.3 Å². The number of allylic oxidation sites excluding steroid dienone is 1. The van der Waals surface area contributed by atoms with Crippen LogP contribution in [0.5, 0.6) is 0 Å². The summed E-state index contributed by atoms with van der Waals surface area (Å²) < 4.78 is 10.3. The number of ether oxygens (including phenoxy) is 2. The normalized spacial score (nSPS) is 18.9. The largest absolute Gasteiger partial charge is 0.463 e. The van der Waals surface area contributed by atoms with Crippen molar-refractivity contribution < 1.29 is 19.1 Å². The molecule has 160 valence electrons. The third-order valence-corrected chi connectivity index (χ3v) is 6.85. The van der Waals surface area contributed by atoms with Crippen LogP contribution in [0.25, 0.3) is 0 Å². The highest BCUT2D eigenvalue weighted by molar-refractivity contribution is 8.00. The molecule has 2 unspecified atom stereocenters. The molecule has 0 aromatic heterocycles. The van der Waals surface area contributed by atoms with Gasteiger partial charge >= 0.3 is 11.9 Å². The van der Waals surface area contributed by atoms with Gasteiger partial charge < -0.3 is 14.8 Å². The van der Waals surface area contributed by atoms with Gasteiger partial charge in [-0.05, 0) is 31.0 Å². The molecule has 0 bridgehead atoms. The van der Waals surface area contributed by atoms with Crippen molar-refractivity contribution in [1.29, 1.82) is 0 Å². The standard InChI is InChI=1S/C24H22ClNO4S/c1-3-29-23(27)19-14(2)26-17-13-30-24(28)21(17)20(19)16-11-7-8-12-18(16)31-22(25)15-9-5-4-6-10-15/h4-12,20,22,26H,3,13H2,1-2H3. The van der Waals surface area contributed by atoms with E-state index in [1.165, 1.54) is 11.8 Å². The molecule has 31 heavy (non-hydrogen) atoms. The minimum Gasteiger partial charge on any atom is -0.463 e. The van der Waals surface area contributed by atoms with E-state index in [2.05, 4.69) is 5.32 Å². The molecular weight excluding hydrogens is 434 g/mol. The molecule has 0 saturated carbocycles. The summed E-state index contributed by atoms with van der Waals surface area (Å²) >= 11 is 8.19. The highest BCUT2D eigenvalue weighted by Crippen LogP contribution is 2.47. The van der Waals surface area contributed by atoms with Gasteiger partial charge in [0.25, 0.3) is 0 Å². The number of hydrogen-bond acceptors (Lipinski definition) is 6. The lowest BCUT2D eigenvalue weighted by Gasteiger charge is -2.29. The summed E-state index contributed by atoms with van der Waals surface area (Å²) in [5, 5.41) is 3.16. The first-order valence-corrected chi connectivity index (χ1v) is 11.3. The van der Waals surface area contributed by atoms with Crippen molar-refractivity contribution in [2.75, 3.05) is 13.2 Å². The highest BCUT2D eigenvalue weighted by atomic mass is 35.5. The van der Waals surface area contributed by atoms with E-state index in [0.717, 1.165) is 16.0 Å². The lowest BCUT2D eigenvalue weighted by atomic mass is 9.81. The zero-order chi connectivity index (χ0) is 22.0. The van der Waals surface area contributed by atoms with E-state index in [9.17, 15) is 9.59 Å². The number of nitrogens with one attached hydrogen (secondary N) is 1. The molecule has 2 atom stereocenters. The smallest absolute Gasteiger partial charge is 0.337 e. The van der Waals surface area contributed by atoms with Crippen LogP contribution in [0.15, 0.2) is 82.0 Å². The van der Waals surface area contributed by atoms with E-state index >= 15 is 0 Å². The highest BCUT2D eigenvalue weighted by Gasteiger charge is 2.42. The van der Waals surface area contributed by atoms with Gasteiger partial charge in [0.05, 0.1) is 29.4 Å². The molecule has 2 aromatic rings. The summed E-state index contributed by atoms with van der Waals surface area (Å²) in [6.45, 7) is 3.98. The van der Waals surface area contributed by atoms with Gasteiger partial charge in [-0.1, -0.05) is 48.5 Å². The minimum atomic E-state index is -0.589. The average molecular weight is 456 g/mol. The monoisotopic (exact) mass is 455 g/mol. The van der Waals surface area contributed by atoms with Gasteiger partial charge in [0.15, 0.2) is 0 Å². The predicted molar refractivity (Wildman–Crippen MR) is 121 cm³/mol. The van der Waals surface area contributed by atoms with E-state index in [0.29, 0.717) is 22.5 Å². The number of hydrogen-bond donors (Lipinski definition) is 1. The number of carbonyl (C=O) groups excluding carboxylic acids is 2. The molecule has 0 saturated heterocycles. The van der Waals surface area contributed by atoms with Crippen molar-refractivity contribution in [1.82, 2.24) is 5.32 Å². The van der Waals surface area contributed by atoms with Crippen LogP contribution >= 0.6 is 23.4 Å². The molecule has 0 fully saturated rings. The van der Waals surface area contributed by atoms with Crippen molar-refractivity contribution in [3.05, 3.63) is 88.3 Å². The molecule has 2 heterocycles. The zero-order valence-corrected chi connectivity index (χ0v) is 18.8. The SMILES string of the molecule is CCOC(=O)C1=C(C)NC2=C(C(=O)OC2)C1c1ccccc1SC(Cl)c1ccccc1. The Morgan fingerprint density at radius 3 is 2.68 bits per heavy atom. The van der Waals surface area contributed by atoms with Gasteiger partial charge in [-0.15, -0.1) is 23.4 Å². The number of esters is 2. The maximum absolute atomic E-state index is 12.9. The number of halogens is 1. The molecule has 4 rings (SSSR count). The Labute approximate surface area is 190 Å². The molecular formula is C24H22ClNO4S. The van der Waals surface area contributed by atoms with Crippen molar-refractivity contribution in [3.8, 4) is 0 Å². The van der Waals surface area contributed by atoms with Gasteiger partial charge in [0.1, 0.15) is 11.3 Å². The van der Waals surface area contributed by atoms with Gasteiger partial charge in [-0.25, -0.2) is 9.59 Å². The molecule has 2 aliphatic rings. The maximum Gasteiger partial charge on any atom is 0.337 e. The van der Waals surface area contributed by atoms with Gasteiger partial charge in [0.2, 0.25) is 0 Å². The molecule has 2 aliphatic heterocycles. The summed E-state index contributed by atoms with van der Waals surface area (Å²) in [5.74, 6) is -1.46. The quantitative estimate of drug-likeness (QED) is 0.373. The summed E-state index contributed by atoms with van der Waals surface area (Å²) in [7, 11) is 0. The van der Waals surface area contributed by atoms with Gasteiger partial charge in [0, 0.05) is 10.6 Å². The Kier molecular flexibility index (Phi) is 6.39. The first-order chi connectivity index (χ1) is 15.0. The second kappa shape index (κ2) is 9.20. The lowest BCUT2D eigenvalue weighted by Crippen LogP contribution is -2.30. The van der Waals surface area contributed by atoms with Crippen LogP contribution < -0.4 is 5.32 Å². The Bertz CT molecular complexity index is 1080. The number of alkyl halides is 1. The van der Waals surface area contributed by atoms with Crippen LogP contribution in [0.3, 0.4) is 0 Å². The van der Waals surface area contributed by atoms with Crippen molar-refractivity contribution in [2.45, 2.75) is 29.4 Å². The second-order valence-corrected chi connectivity index (χ2v) is 9.01. The Morgan fingerprint density at radius 2 is 1.94 bits per heavy atom. The molecule has 0 aliphatic carbocycles. The Balaban J connectivity index is 1.79. The second-order valence-electron chi connectivity index (χ2n) is 7.17. The zero-order valence-electron chi connectivity index (χ0n) is 17.2. The number of benzene rings is 2. The molecule has 2 aromatic carbocycles.